The van der Waals surface area contributed by atoms with E-state index in [-0.39, 0.29) is 72.1 Å². The minimum Gasteiger partial charge on any atom is -0.465 e. The number of ketones is 2. The Kier molecular flexibility index (Phi) is 6.65. The van der Waals surface area contributed by atoms with Crippen molar-refractivity contribution in [2.75, 3.05) is 19.1 Å². The van der Waals surface area contributed by atoms with E-state index in [0.717, 1.165) is 31.3 Å². The molecule has 4 aliphatic rings. The summed E-state index contributed by atoms with van der Waals surface area (Å²) in [6.07, 6.45) is 8.52. The molecule has 8 atom stereocenters. The number of rotatable bonds is 6. The minimum absolute atomic E-state index is 0.00533. The number of esters is 1. The van der Waals surface area contributed by atoms with Gasteiger partial charge < -0.3 is 9.84 Å². The highest BCUT2D eigenvalue weighted by Gasteiger charge is 2.68. The second-order valence-electron chi connectivity index (χ2n) is 11.0. The van der Waals surface area contributed by atoms with Crippen molar-refractivity contribution in [3.63, 3.8) is 0 Å². The summed E-state index contributed by atoms with van der Waals surface area (Å²) in [6.45, 7) is 6.42. The summed E-state index contributed by atoms with van der Waals surface area (Å²) in [6, 6.07) is 0. The summed E-state index contributed by atoms with van der Waals surface area (Å²) in [5.74, 6) is -0.318. The SMILES string of the molecule is C[C@H]1C[C@H]2[C@@H]3C[C@H](COC(=O)CCO)[C@H](C(=O)CCl)[C@@]3(C)CC[C@]2(Cl)[C@@]2(C)C=CC(=O)C=C12. The van der Waals surface area contributed by atoms with Gasteiger partial charge in [0.05, 0.1) is 30.4 Å². The molecular weight excluding hydrogens is 463 g/mol. The zero-order valence-electron chi connectivity index (χ0n) is 19.6. The number of halogens is 2. The lowest BCUT2D eigenvalue weighted by Gasteiger charge is -2.62. The molecule has 3 fully saturated rings. The molecule has 0 aromatic heterocycles. The average Bonchev–Trinajstić information content (AvgIpc) is 3.07. The van der Waals surface area contributed by atoms with Crippen LogP contribution in [0.4, 0.5) is 0 Å². The van der Waals surface area contributed by atoms with Crippen LogP contribution in [0.25, 0.3) is 0 Å². The van der Waals surface area contributed by atoms with E-state index >= 15 is 0 Å². The number of carbonyl (C=O) groups is 3. The second-order valence-corrected chi connectivity index (χ2v) is 11.9. The van der Waals surface area contributed by atoms with Gasteiger partial charge in [0.2, 0.25) is 0 Å². The molecule has 5 nitrogen and oxygen atoms in total. The van der Waals surface area contributed by atoms with Crippen molar-refractivity contribution < 1.29 is 24.2 Å². The van der Waals surface area contributed by atoms with Crippen LogP contribution in [0, 0.1) is 40.4 Å². The largest absolute Gasteiger partial charge is 0.465 e. The highest BCUT2D eigenvalue weighted by atomic mass is 35.5. The molecule has 0 amide bonds. The van der Waals surface area contributed by atoms with Crippen LogP contribution in [0.5, 0.6) is 0 Å². The van der Waals surface area contributed by atoms with E-state index in [1.54, 1.807) is 12.2 Å². The van der Waals surface area contributed by atoms with Crippen LogP contribution in [-0.2, 0) is 19.1 Å². The van der Waals surface area contributed by atoms with Gasteiger partial charge >= 0.3 is 5.97 Å². The maximum Gasteiger partial charge on any atom is 0.308 e. The number of aliphatic hydroxyl groups excluding tert-OH is 1. The summed E-state index contributed by atoms with van der Waals surface area (Å²) in [4.78, 5) is 36.6. The van der Waals surface area contributed by atoms with Crippen molar-refractivity contribution in [1.29, 1.82) is 0 Å². The monoisotopic (exact) mass is 496 g/mol. The van der Waals surface area contributed by atoms with Gasteiger partial charge in [-0.2, -0.15) is 0 Å². The maximum absolute atomic E-state index is 13.1. The number of carbonyl (C=O) groups excluding carboxylic acids is 3. The normalized spacial score (nSPS) is 43.9. The van der Waals surface area contributed by atoms with Crippen molar-refractivity contribution in [3.05, 3.63) is 23.8 Å². The van der Waals surface area contributed by atoms with Crippen LogP contribution in [0.15, 0.2) is 23.8 Å². The van der Waals surface area contributed by atoms with Gasteiger partial charge in [-0.25, -0.2) is 0 Å². The smallest absolute Gasteiger partial charge is 0.308 e. The Bertz CT molecular complexity index is 912. The zero-order valence-corrected chi connectivity index (χ0v) is 21.1. The lowest BCUT2D eigenvalue weighted by molar-refractivity contribution is -0.147. The van der Waals surface area contributed by atoms with Gasteiger partial charge in [-0.15, -0.1) is 23.2 Å². The van der Waals surface area contributed by atoms with E-state index in [9.17, 15) is 14.4 Å². The first kappa shape index (κ1) is 24.9. The lowest BCUT2D eigenvalue weighted by atomic mass is 9.45. The summed E-state index contributed by atoms with van der Waals surface area (Å²) in [5.41, 5.74) is 0.434. The molecule has 0 aliphatic heterocycles. The second kappa shape index (κ2) is 8.80. The Labute approximate surface area is 205 Å². The molecule has 33 heavy (non-hydrogen) atoms. The van der Waals surface area contributed by atoms with E-state index in [2.05, 4.69) is 20.8 Å². The molecule has 0 unspecified atom stereocenters. The minimum atomic E-state index is -0.538. The van der Waals surface area contributed by atoms with Crippen molar-refractivity contribution in [2.45, 2.75) is 57.7 Å². The Balaban J connectivity index is 1.69. The molecule has 0 bridgehead atoms. The van der Waals surface area contributed by atoms with Crippen LogP contribution in [0.2, 0.25) is 0 Å². The van der Waals surface area contributed by atoms with Gasteiger partial charge in [0.25, 0.3) is 0 Å². The molecular formula is C26H34Cl2O5. The third-order valence-electron chi connectivity index (χ3n) is 9.42. The molecule has 3 saturated carbocycles. The average molecular weight is 497 g/mol. The zero-order chi connectivity index (χ0) is 24.2. The Morgan fingerprint density at radius 2 is 1.94 bits per heavy atom. The molecule has 182 valence electrons. The van der Waals surface area contributed by atoms with Gasteiger partial charge in [-0.1, -0.05) is 32.4 Å². The van der Waals surface area contributed by atoms with Crippen LogP contribution >= 0.6 is 23.2 Å². The Hall–Kier alpha value is -1.17. The lowest BCUT2D eigenvalue weighted by Crippen LogP contribution is -2.61. The van der Waals surface area contributed by atoms with Crippen molar-refractivity contribution >= 4 is 40.7 Å². The fraction of sp³-hybridized carbons (Fsp3) is 0.731. The molecule has 0 heterocycles. The molecule has 1 N–H and O–H groups in total. The van der Waals surface area contributed by atoms with Crippen LogP contribution in [0.1, 0.15) is 52.9 Å². The fourth-order valence-electron chi connectivity index (χ4n) is 7.90. The van der Waals surface area contributed by atoms with E-state index < -0.39 is 16.3 Å². The summed E-state index contributed by atoms with van der Waals surface area (Å²) >= 11 is 13.6. The number of ether oxygens (including phenoxy) is 1. The van der Waals surface area contributed by atoms with Crippen LogP contribution in [0.3, 0.4) is 0 Å². The van der Waals surface area contributed by atoms with Crippen LogP contribution < -0.4 is 0 Å². The van der Waals surface area contributed by atoms with E-state index in [1.165, 1.54) is 0 Å². The van der Waals surface area contributed by atoms with Gasteiger partial charge in [0.1, 0.15) is 0 Å². The highest BCUT2D eigenvalue weighted by molar-refractivity contribution is 6.28. The van der Waals surface area contributed by atoms with E-state index in [1.807, 2.05) is 6.08 Å². The van der Waals surface area contributed by atoms with Crippen LogP contribution in [-0.4, -0.2) is 46.6 Å². The molecule has 0 saturated heterocycles. The molecule has 7 heteroatoms. The quantitative estimate of drug-likeness (QED) is 0.433. The first-order chi connectivity index (χ1) is 15.5. The third-order valence-corrected chi connectivity index (χ3v) is 10.5. The molecule has 0 spiro atoms. The number of aliphatic hydroxyl groups is 1. The number of hydrogen-bond acceptors (Lipinski definition) is 5. The first-order valence-corrected chi connectivity index (χ1v) is 12.9. The summed E-state index contributed by atoms with van der Waals surface area (Å²) in [7, 11) is 0. The number of alkyl halides is 2. The van der Waals surface area contributed by atoms with Gasteiger partial charge in [-0.3, -0.25) is 14.4 Å². The van der Waals surface area contributed by atoms with Gasteiger partial charge in [0.15, 0.2) is 11.6 Å². The van der Waals surface area contributed by atoms with Crippen molar-refractivity contribution in [2.24, 2.45) is 40.4 Å². The topological polar surface area (TPSA) is 80.7 Å². The highest BCUT2D eigenvalue weighted by Crippen LogP contribution is 2.71. The van der Waals surface area contributed by atoms with Crippen molar-refractivity contribution in [3.8, 4) is 0 Å². The fourth-order valence-corrected chi connectivity index (χ4v) is 8.57. The molecule has 4 aliphatic carbocycles. The summed E-state index contributed by atoms with van der Waals surface area (Å²) in [5, 5.41) is 9.02. The molecule has 0 aromatic rings. The van der Waals surface area contributed by atoms with E-state index in [4.69, 9.17) is 33.0 Å². The Morgan fingerprint density at radius 1 is 1.21 bits per heavy atom. The number of fused-ring (bicyclic) bond motifs is 5. The first-order valence-electron chi connectivity index (χ1n) is 12.0. The number of Topliss-reactive ketones (excluding diaryl/α,β-unsaturated/α-hetero) is 1. The van der Waals surface area contributed by atoms with Gasteiger partial charge in [-0.05, 0) is 61.0 Å². The predicted octanol–water partition coefficient (Wildman–Crippen LogP) is 4.48. The molecule has 0 aromatic carbocycles. The van der Waals surface area contributed by atoms with Gasteiger partial charge in [0, 0.05) is 17.3 Å². The third kappa shape index (κ3) is 3.73. The standard InChI is InChI=1S/C26H34Cl2O5/c1-15-10-20-19-11-16(14-33-22(32)5-9-29)23(21(31)13-27)24(19,2)7-8-26(20,28)25(3)6-4-17(30)12-18(15)25/h4,6,12,15-16,19-20,23,29H,5,7-11,13-14H2,1-3H3/t15-,16+,19-,20-,23+,24-,25-,26+/m0/s1. The Morgan fingerprint density at radius 3 is 2.61 bits per heavy atom. The van der Waals surface area contributed by atoms with Crippen molar-refractivity contribution in [1.82, 2.24) is 0 Å². The molecule has 0 radical (unpaired) electrons. The molecule has 4 rings (SSSR count). The maximum atomic E-state index is 13.1. The summed E-state index contributed by atoms with van der Waals surface area (Å²) < 4.78 is 5.46. The number of hydrogen-bond donors (Lipinski definition) is 1. The number of allylic oxidation sites excluding steroid dienone is 4. The van der Waals surface area contributed by atoms with E-state index in [0.29, 0.717) is 0 Å². The predicted molar refractivity (Wildman–Crippen MR) is 127 cm³/mol.